The lowest BCUT2D eigenvalue weighted by molar-refractivity contribution is -0.143. The Bertz CT molecular complexity index is 387. The van der Waals surface area contributed by atoms with Crippen LogP contribution in [0.1, 0.15) is 25.3 Å². The van der Waals surface area contributed by atoms with Gasteiger partial charge >= 0.3 is 5.97 Å². The van der Waals surface area contributed by atoms with Gasteiger partial charge in [0.15, 0.2) is 0 Å². The highest BCUT2D eigenvalue weighted by Crippen LogP contribution is 2.19. The van der Waals surface area contributed by atoms with Crippen molar-refractivity contribution in [3.05, 3.63) is 35.9 Å². The summed E-state index contributed by atoms with van der Waals surface area (Å²) in [6.45, 7) is 3.88. The molecule has 1 aromatic carbocycles. The Hall–Kier alpha value is -1.84. The number of hydrogen-bond acceptors (Lipinski definition) is 4. The molecule has 0 heterocycles. The average Bonchev–Trinajstić information content (AvgIpc) is 2.31. The number of rotatable bonds is 5. The van der Waals surface area contributed by atoms with Gasteiger partial charge in [0.25, 0.3) is 0 Å². The summed E-state index contributed by atoms with van der Waals surface area (Å²) in [6, 6.07) is 9.39. The van der Waals surface area contributed by atoms with E-state index in [1.807, 2.05) is 30.3 Å². The zero-order valence-corrected chi connectivity index (χ0v) is 10.3. The fraction of sp³-hybridized carbons (Fsp3) is 0.385. The fourth-order valence-corrected chi connectivity index (χ4v) is 1.62. The van der Waals surface area contributed by atoms with Gasteiger partial charge in [-0.3, -0.25) is 4.79 Å². The number of benzene rings is 1. The van der Waals surface area contributed by atoms with Gasteiger partial charge < -0.3 is 9.57 Å². The van der Waals surface area contributed by atoms with E-state index in [0.717, 1.165) is 5.56 Å². The largest absolute Gasteiger partial charge is 0.465 e. The number of ether oxygens (including phenoxy) is 1. The maximum Gasteiger partial charge on any atom is 0.319 e. The molecule has 1 unspecified atom stereocenters. The van der Waals surface area contributed by atoms with Gasteiger partial charge in [-0.25, -0.2) is 0 Å². The Kier molecular flexibility index (Phi) is 5.20. The lowest BCUT2D eigenvalue weighted by Crippen LogP contribution is -2.22. The van der Waals surface area contributed by atoms with Gasteiger partial charge in [0, 0.05) is 0 Å². The first-order valence-electron chi connectivity index (χ1n) is 5.50. The van der Waals surface area contributed by atoms with Gasteiger partial charge in [-0.15, -0.1) is 0 Å². The lowest BCUT2D eigenvalue weighted by Gasteiger charge is -2.15. The molecule has 0 spiro atoms. The molecule has 17 heavy (non-hydrogen) atoms. The molecule has 0 saturated heterocycles. The van der Waals surface area contributed by atoms with E-state index < -0.39 is 5.92 Å². The molecule has 92 valence electrons. The zero-order valence-electron chi connectivity index (χ0n) is 10.3. The second-order valence-electron chi connectivity index (χ2n) is 3.51. The quantitative estimate of drug-likeness (QED) is 0.447. The first-order chi connectivity index (χ1) is 8.20. The number of esters is 1. The summed E-state index contributed by atoms with van der Waals surface area (Å²) < 4.78 is 5.05. The number of carbonyl (C=O) groups is 1. The fourth-order valence-electron chi connectivity index (χ4n) is 1.62. The maximum atomic E-state index is 11.9. The van der Waals surface area contributed by atoms with Crippen LogP contribution >= 0.6 is 0 Å². The number of hydrogen-bond donors (Lipinski definition) is 0. The summed E-state index contributed by atoms with van der Waals surface area (Å²) in [6.07, 6.45) is 0. The molecule has 0 amide bonds. The monoisotopic (exact) mass is 235 g/mol. The van der Waals surface area contributed by atoms with Gasteiger partial charge in [-0.2, -0.15) is 0 Å². The number of carbonyl (C=O) groups excluding carboxylic acids is 1. The molecule has 1 atom stereocenters. The van der Waals surface area contributed by atoms with Crippen molar-refractivity contribution in [1.82, 2.24) is 0 Å². The summed E-state index contributed by atoms with van der Waals surface area (Å²) >= 11 is 0. The minimum Gasteiger partial charge on any atom is -0.465 e. The second-order valence-corrected chi connectivity index (χ2v) is 3.51. The third-order valence-corrected chi connectivity index (χ3v) is 2.31. The van der Waals surface area contributed by atoms with Crippen LogP contribution in [0.3, 0.4) is 0 Å². The number of nitrogens with zero attached hydrogens (tertiary/aromatic N) is 1. The second kappa shape index (κ2) is 6.68. The highest BCUT2D eigenvalue weighted by molar-refractivity contribution is 6.05. The molecule has 1 aromatic rings. The molecular formula is C13H17NO3. The Balaban J connectivity index is 3.03. The van der Waals surface area contributed by atoms with Gasteiger partial charge in [-0.1, -0.05) is 35.5 Å². The van der Waals surface area contributed by atoms with E-state index in [0.29, 0.717) is 12.3 Å². The number of oxime groups is 1. The van der Waals surface area contributed by atoms with Crippen LogP contribution < -0.4 is 0 Å². The minimum atomic E-state index is -0.504. The summed E-state index contributed by atoms with van der Waals surface area (Å²) in [4.78, 5) is 16.6. The van der Waals surface area contributed by atoms with Gasteiger partial charge in [0.05, 0.1) is 12.3 Å². The predicted octanol–water partition coefficient (Wildman–Crippen LogP) is 2.36. The van der Waals surface area contributed by atoms with Crippen molar-refractivity contribution in [2.45, 2.75) is 19.8 Å². The van der Waals surface area contributed by atoms with Gasteiger partial charge in [0.2, 0.25) is 0 Å². The Morgan fingerprint density at radius 3 is 2.53 bits per heavy atom. The topological polar surface area (TPSA) is 47.9 Å². The highest BCUT2D eigenvalue weighted by Gasteiger charge is 2.25. The molecule has 0 fully saturated rings. The molecule has 0 aromatic heterocycles. The SMILES string of the molecule is CCOC(=O)C(C(C)=NOC)c1ccccc1. The van der Waals surface area contributed by atoms with Crippen LogP contribution in [0.25, 0.3) is 0 Å². The van der Waals surface area contributed by atoms with E-state index in [2.05, 4.69) is 5.16 Å². The molecule has 1 rings (SSSR count). The molecule has 0 radical (unpaired) electrons. The molecule has 4 heteroatoms. The summed E-state index contributed by atoms with van der Waals surface area (Å²) in [7, 11) is 1.46. The standard InChI is InChI=1S/C13H17NO3/c1-4-17-13(15)12(10(2)14-16-3)11-8-6-5-7-9-11/h5-9,12H,4H2,1-3H3. The molecular weight excluding hydrogens is 218 g/mol. The minimum absolute atomic E-state index is 0.308. The summed E-state index contributed by atoms with van der Waals surface area (Å²) in [5, 5.41) is 3.82. The summed E-state index contributed by atoms with van der Waals surface area (Å²) in [5.74, 6) is -0.812. The third kappa shape index (κ3) is 3.59. The highest BCUT2D eigenvalue weighted by atomic mass is 16.6. The van der Waals surface area contributed by atoms with Crippen molar-refractivity contribution in [2.24, 2.45) is 5.16 Å². The van der Waals surface area contributed by atoms with E-state index in [1.165, 1.54) is 7.11 Å². The van der Waals surface area contributed by atoms with Crippen LogP contribution in [0, 0.1) is 0 Å². The van der Waals surface area contributed by atoms with E-state index in [9.17, 15) is 4.79 Å². The summed E-state index contributed by atoms with van der Waals surface area (Å²) in [5.41, 5.74) is 1.43. The van der Waals surface area contributed by atoms with E-state index in [-0.39, 0.29) is 5.97 Å². The van der Waals surface area contributed by atoms with E-state index >= 15 is 0 Å². The van der Waals surface area contributed by atoms with Crippen molar-refractivity contribution in [1.29, 1.82) is 0 Å². The lowest BCUT2D eigenvalue weighted by atomic mass is 9.95. The van der Waals surface area contributed by atoms with Crippen molar-refractivity contribution < 1.29 is 14.4 Å². The van der Waals surface area contributed by atoms with Gasteiger partial charge in [0.1, 0.15) is 13.0 Å². The predicted molar refractivity (Wildman–Crippen MR) is 65.9 cm³/mol. The van der Waals surface area contributed by atoms with E-state index in [4.69, 9.17) is 9.57 Å². The molecule has 0 aliphatic heterocycles. The van der Waals surface area contributed by atoms with Crippen LogP contribution in [0.5, 0.6) is 0 Å². The van der Waals surface area contributed by atoms with Crippen LogP contribution in [0.2, 0.25) is 0 Å². The molecule has 4 nitrogen and oxygen atoms in total. The van der Waals surface area contributed by atoms with E-state index in [1.54, 1.807) is 13.8 Å². The van der Waals surface area contributed by atoms with Crippen molar-refractivity contribution in [3.63, 3.8) is 0 Å². The zero-order chi connectivity index (χ0) is 12.7. The average molecular weight is 235 g/mol. The first kappa shape index (κ1) is 13.2. The van der Waals surface area contributed by atoms with Crippen LogP contribution in [0.4, 0.5) is 0 Å². The molecule has 0 saturated carbocycles. The normalized spacial score (nSPS) is 13.0. The Labute approximate surface area is 101 Å². The molecule has 0 aliphatic rings. The molecule has 0 bridgehead atoms. The smallest absolute Gasteiger partial charge is 0.319 e. The maximum absolute atomic E-state index is 11.9. The van der Waals surface area contributed by atoms with Crippen LogP contribution in [-0.2, 0) is 14.4 Å². The van der Waals surface area contributed by atoms with Crippen molar-refractivity contribution in [3.8, 4) is 0 Å². The van der Waals surface area contributed by atoms with Gasteiger partial charge in [-0.05, 0) is 19.4 Å². The molecule has 0 aliphatic carbocycles. The first-order valence-corrected chi connectivity index (χ1v) is 5.50. The van der Waals surface area contributed by atoms with Crippen molar-refractivity contribution in [2.75, 3.05) is 13.7 Å². The van der Waals surface area contributed by atoms with Crippen LogP contribution in [0.15, 0.2) is 35.5 Å². The Morgan fingerprint density at radius 1 is 1.35 bits per heavy atom. The third-order valence-electron chi connectivity index (χ3n) is 2.31. The van der Waals surface area contributed by atoms with Crippen LogP contribution in [-0.4, -0.2) is 25.4 Å². The van der Waals surface area contributed by atoms with Crippen molar-refractivity contribution >= 4 is 11.7 Å². The molecule has 0 N–H and O–H groups in total. The Morgan fingerprint density at radius 2 is 2.00 bits per heavy atom.